The summed E-state index contributed by atoms with van der Waals surface area (Å²) >= 11 is 0. The highest BCUT2D eigenvalue weighted by molar-refractivity contribution is 7.49. The highest BCUT2D eigenvalue weighted by Crippen LogP contribution is 2.29. The molecular formula is C18H20N3O6P. The van der Waals surface area contributed by atoms with Gasteiger partial charge in [-0.25, -0.2) is 9.65 Å². The van der Waals surface area contributed by atoms with Gasteiger partial charge in [-0.3, -0.25) is 10.2 Å². The summed E-state index contributed by atoms with van der Waals surface area (Å²) in [5.74, 6) is -1.33. The van der Waals surface area contributed by atoms with Crippen LogP contribution in [0.4, 0.5) is 5.69 Å². The van der Waals surface area contributed by atoms with E-state index >= 15 is 0 Å². The van der Waals surface area contributed by atoms with Crippen LogP contribution in [-0.2, 0) is 15.8 Å². The van der Waals surface area contributed by atoms with E-state index in [4.69, 9.17) is 20.0 Å². The number of carboxylic acid groups (broad SMARTS) is 1. The molecule has 0 saturated carbocycles. The number of phenols is 1. The standard InChI is InChI=1S/C9H8N2.C9H12NO6P/c1-2-6-9-8(4-1)5-3-7-10-11-9;11-7-3-1-6(2-4-7)5-8(9(12)13)10-17(14,15)16/h1-7,11H;1-4,8,11H,5H2,(H,12,13)(H3,10,14,15,16)/t;8-/m.0/s1. The average molecular weight is 405 g/mol. The summed E-state index contributed by atoms with van der Waals surface area (Å²) in [7, 11) is -4.60. The van der Waals surface area contributed by atoms with Crippen LogP contribution < -0.4 is 10.5 Å². The lowest BCUT2D eigenvalue weighted by atomic mass is 10.1. The average Bonchev–Trinajstić information content (AvgIpc) is 2.88. The van der Waals surface area contributed by atoms with Crippen molar-refractivity contribution in [2.45, 2.75) is 12.5 Å². The van der Waals surface area contributed by atoms with Crippen molar-refractivity contribution in [1.29, 1.82) is 0 Å². The first-order valence-corrected chi connectivity index (χ1v) is 9.74. The molecule has 0 bridgehead atoms. The lowest BCUT2D eigenvalue weighted by molar-refractivity contribution is -0.139. The molecule has 0 fully saturated rings. The summed E-state index contributed by atoms with van der Waals surface area (Å²) in [6.45, 7) is 0. The minimum atomic E-state index is -4.60. The molecule has 2 aromatic carbocycles. The lowest BCUT2D eigenvalue weighted by Crippen LogP contribution is -2.36. The predicted octanol–water partition coefficient (Wildman–Crippen LogP) is 2.18. The summed E-state index contributed by atoms with van der Waals surface area (Å²) in [6, 6.07) is 12.4. The number of rotatable bonds is 5. The van der Waals surface area contributed by atoms with Gasteiger partial charge in [0.05, 0.1) is 5.69 Å². The van der Waals surface area contributed by atoms with Crippen LogP contribution in [0.2, 0.25) is 0 Å². The second-order valence-electron chi connectivity index (χ2n) is 5.77. The fraction of sp³-hybridized carbons (Fsp3) is 0.111. The number of aromatic hydroxyl groups is 1. The molecule has 0 unspecified atom stereocenters. The van der Waals surface area contributed by atoms with Crippen molar-refractivity contribution in [3.63, 3.8) is 0 Å². The van der Waals surface area contributed by atoms with Crippen LogP contribution >= 0.6 is 7.75 Å². The van der Waals surface area contributed by atoms with Crippen LogP contribution in [0.1, 0.15) is 11.1 Å². The number of fused-ring (bicyclic) bond motifs is 1. The van der Waals surface area contributed by atoms with Gasteiger partial charge in [0.15, 0.2) is 0 Å². The normalized spacial score (nSPS) is 13.4. The lowest BCUT2D eigenvalue weighted by Gasteiger charge is -2.15. The summed E-state index contributed by atoms with van der Waals surface area (Å²) in [5.41, 5.74) is 5.69. The van der Waals surface area contributed by atoms with E-state index in [1.165, 1.54) is 29.8 Å². The van der Waals surface area contributed by atoms with Gasteiger partial charge in [-0.1, -0.05) is 36.4 Å². The van der Waals surface area contributed by atoms with Crippen molar-refractivity contribution >= 4 is 31.7 Å². The number of phenolic OH excluding ortho intramolecular Hbond substituents is 1. The summed E-state index contributed by atoms with van der Waals surface area (Å²) in [6.07, 6.45) is 5.58. The predicted molar refractivity (Wildman–Crippen MR) is 106 cm³/mol. The van der Waals surface area contributed by atoms with Crippen molar-refractivity contribution in [1.82, 2.24) is 5.09 Å². The van der Waals surface area contributed by atoms with Gasteiger partial charge >= 0.3 is 13.7 Å². The Kier molecular flexibility index (Phi) is 7.48. The van der Waals surface area contributed by atoms with Gasteiger partial charge < -0.3 is 20.0 Å². The van der Waals surface area contributed by atoms with Crippen LogP contribution in [0.25, 0.3) is 6.08 Å². The van der Waals surface area contributed by atoms with E-state index in [2.05, 4.69) is 10.5 Å². The fourth-order valence-electron chi connectivity index (χ4n) is 2.30. The number of nitrogens with zero attached hydrogens (tertiary/aromatic N) is 1. The van der Waals surface area contributed by atoms with E-state index in [0.717, 1.165) is 5.69 Å². The van der Waals surface area contributed by atoms with Crippen LogP contribution in [0.3, 0.4) is 0 Å². The zero-order valence-corrected chi connectivity index (χ0v) is 15.5. The van der Waals surface area contributed by atoms with E-state index in [-0.39, 0.29) is 12.2 Å². The topological polar surface area (TPSA) is 151 Å². The SMILES string of the molecule is C1=Cc2ccccc2NN=C1.O=C(O)[C@H](Cc1ccc(O)cc1)NP(=O)(O)O. The number of nitrogens with one attached hydrogen (secondary N) is 2. The van der Waals surface area contributed by atoms with E-state index in [0.29, 0.717) is 5.56 Å². The number of carboxylic acids is 1. The van der Waals surface area contributed by atoms with E-state index in [1.807, 2.05) is 36.4 Å². The van der Waals surface area contributed by atoms with Gasteiger partial charge in [0.2, 0.25) is 0 Å². The van der Waals surface area contributed by atoms with Crippen LogP contribution in [0.15, 0.2) is 59.7 Å². The van der Waals surface area contributed by atoms with E-state index in [1.54, 1.807) is 11.3 Å². The number of hydrogen-bond donors (Lipinski definition) is 6. The van der Waals surface area contributed by atoms with Crippen LogP contribution in [0.5, 0.6) is 5.75 Å². The molecule has 3 rings (SSSR count). The summed E-state index contributed by atoms with van der Waals surface area (Å²) in [4.78, 5) is 28.1. The van der Waals surface area contributed by atoms with E-state index < -0.39 is 19.8 Å². The monoisotopic (exact) mass is 405 g/mol. The Morgan fingerprint density at radius 3 is 2.46 bits per heavy atom. The van der Waals surface area contributed by atoms with Crippen LogP contribution in [-0.4, -0.2) is 38.2 Å². The molecule has 0 radical (unpaired) electrons. The first kappa shape index (κ1) is 21.3. The van der Waals surface area contributed by atoms with Gasteiger partial charge in [0.25, 0.3) is 0 Å². The van der Waals surface area contributed by atoms with Gasteiger partial charge in [0.1, 0.15) is 11.8 Å². The molecule has 6 N–H and O–H groups in total. The number of aliphatic carboxylic acids is 1. The molecule has 28 heavy (non-hydrogen) atoms. The minimum absolute atomic E-state index is 0.0311. The highest BCUT2D eigenvalue weighted by Gasteiger charge is 2.25. The third kappa shape index (κ3) is 7.34. The summed E-state index contributed by atoms with van der Waals surface area (Å²) in [5, 5.41) is 23.5. The zero-order valence-electron chi connectivity index (χ0n) is 14.6. The fourth-order valence-corrected chi connectivity index (χ4v) is 2.91. The first-order chi connectivity index (χ1) is 13.2. The maximum atomic E-state index is 10.8. The number of para-hydroxylation sites is 1. The number of carbonyl (C=O) groups is 1. The molecule has 2 aromatic rings. The van der Waals surface area contributed by atoms with Gasteiger partial charge in [-0.05, 0) is 41.8 Å². The molecule has 0 aromatic heterocycles. The van der Waals surface area contributed by atoms with Crippen molar-refractivity contribution < 1.29 is 29.4 Å². The number of benzene rings is 2. The Bertz CT molecular complexity index is 908. The summed E-state index contributed by atoms with van der Waals surface area (Å²) < 4.78 is 10.7. The van der Waals surface area contributed by atoms with Gasteiger partial charge in [0, 0.05) is 6.21 Å². The quantitative estimate of drug-likeness (QED) is 0.414. The molecule has 148 valence electrons. The third-order valence-electron chi connectivity index (χ3n) is 3.58. The highest BCUT2D eigenvalue weighted by atomic mass is 31.2. The first-order valence-electron chi connectivity index (χ1n) is 8.13. The maximum absolute atomic E-state index is 10.8. The Morgan fingerprint density at radius 1 is 1.14 bits per heavy atom. The number of allylic oxidation sites excluding steroid dienone is 1. The Morgan fingerprint density at radius 2 is 1.82 bits per heavy atom. The Hall–Kier alpha value is -2.97. The van der Waals surface area contributed by atoms with Gasteiger partial charge in [-0.15, -0.1) is 0 Å². The Balaban J connectivity index is 0.000000218. The van der Waals surface area contributed by atoms with Crippen molar-refractivity contribution in [3.05, 3.63) is 65.7 Å². The van der Waals surface area contributed by atoms with Crippen molar-refractivity contribution in [2.24, 2.45) is 5.10 Å². The molecule has 1 aliphatic rings. The van der Waals surface area contributed by atoms with Crippen molar-refractivity contribution in [3.8, 4) is 5.75 Å². The van der Waals surface area contributed by atoms with Crippen LogP contribution in [0, 0.1) is 0 Å². The zero-order chi connectivity index (χ0) is 20.6. The molecular weight excluding hydrogens is 385 g/mol. The minimum Gasteiger partial charge on any atom is -0.508 e. The molecule has 9 nitrogen and oxygen atoms in total. The molecule has 1 heterocycles. The number of anilines is 1. The molecule has 1 atom stereocenters. The molecule has 10 heteroatoms. The van der Waals surface area contributed by atoms with Crippen molar-refractivity contribution in [2.75, 3.05) is 5.43 Å². The smallest absolute Gasteiger partial charge is 0.401 e. The number of hydrazone groups is 1. The molecule has 0 aliphatic carbocycles. The second kappa shape index (κ2) is 9.82. The molecule has 0 saturated heterocycles. The Labute approximate surface area is 161 Å². The maximum Gasteiger partial charge on any atom is 0.401 e. The number of hydrogen-bond acceptors (Lipinski definition) is 5. The largest absolute Gasteiger partial charge is 0.508 e. The molecule has 0 spiro atoms. The molecule has 1 aliphatic heterocycles. The molecule has 0 amide bonds. The third-order valence-corrected chi connectivity index (χ3v) is 4.23. The van der Waals surface area contributed by atoms with E-state index in [9.17, 15) is 9.36 Å². The second-order valence-corrected chi connectivity index (χ2v) is 7.12. The van der Waals surface area contributed by atoms with Gasteiger partial charge in [-0.2, -0.15) is 5.10 Å².